The predicted molar refractivity (Wildman–Crippen MR) is 110 cm³/mol. The highest BCUT2D eigenvalue weighted by Gasteiger charge is 2.31. The fourth-order valence-corrected chi connectivity index (χ4v) is 3.13. The molecule has 0 aromatic heterocycles. The van der Waals surface area contributed by atoms with E-state index in [0.29, 0.717) is 12.0 Å². The van der Waals surface area contributed by atoms with Crippen molar-refractivity contribution in [3.8, 4) is 0 Å². The number of aliphatic imine (C=N–C) groups is 1. The number of rotatable bonds is 4. The number of benzene rings is 1. The van der Waals surface area contributed by atoms with E-state index in [1.54, 1.807) is 12.1 Å². The Balaban J connectivity index is 0.00000288. The van der Waals surface area contributed by atoms with Crippen LogP contribution in [0.4, 0.5) is 4.39 Å². The smallest absolute Gasteiger partial charge is 0.193 e. The van der Waals surface area contributed by atoms with Crippen LogP contribution >= 0.6 is 24.0 Å². The quantitative estimate of drug-likeness (QED) is 0.436. The number of likely N-dealkylation sites (tertiary alicyclic amines) is 1. The van der Waals surface area contributed by atoms with Crippen molar-refractivity contribution in [1.82, 2.24) is 15.1 Å². The first-order valence-electron chi connectivity index (χ1n) is 8.20. The van der Waals surface area contributed by atoms with Crippen molar-refractivity contribution in [1.29, 1.82) is 0 Å². The summed E-state index contributed by atoms with van der Waals surface area (Å²) >= 11 is 0. The number of nitrogens with one attached hydrogen (secondary N) is 1. The molecular weight excluding hydrogens is 418 g/mol. The van der Waals surface area contributed by atoms with Gasteiger partial charge in [-0.3, -0.25) is 4.99 Å². The zero-order valence-electron chi connectivity index (χ0n) is 15.3. The Hall–Kier alpha value is -0.890. The second-order valence-corrected chi connectivity index (χ2v) is 7.30. The van der Waals surface area contributed by atoms with E-state index in [1.807, 2.05) is 27.2 Å². The maximum Gasteiger partial charge on any atom is 0.193 e. The summed E-state index contributed by atoms with van der Waals surface area (Å²) in [4.78, 5) is 8.82. The molecule has 0 aliphatic carbocycles. The topological polar surface area (TPSA) is 30.9 Å². The van der Waals surface area contributed by atoms with E-state index in [1.165, 1.54) is 12.5 Å². The molecule has 1 unspecified atom stereocenters. The van der Waals surface area contributed by atoms with Crippen molar-refractivity contribution in [2.75, 3.05) is 40.8 Å². The zero-order valence-corrected chi connectivity index (χ0v) is 17.7. The molecule has 1 saturated heterocycles. The number of hydrogen-bond donors (Lipinski definition) is 1. The first-order valence-corrected chi connectivity index (χ1v) is 8.20. The third-order valence-corrected chi connectivity index (χ3v) is 4.50. The molecule has 1 heterocycles. The Morgan fingerprint density at radius 2 is 2.12 bits per heavy atom. The molecule has 136 valence electrons. The number of likely N-dealkylation sites (N-methyl/N-ethyl adjacent to an activating group) is 1. The average molecular weight is 448 g/mol. The highest BCUT2D eigenvalue weighted by atomic mass is 127. The van der Waals surface area contributed by atoms with E-state index in [0.717, 1.165) is 24.6 Å². The van der Waals surface area contributed by atoms with Gasteiger partial charge in [0.05, 0.1) is 6.04 Å². The Morgan fingerprint density at radius 3 is 2.62 bits per heavy atom. The summed E-state index contributed by atoms with van der Waals surface area (Å²) in [6, 6.07) is 6.91. The third-order valence-electron chi connectivity index (χ3n) is 4.50. The van der Waals surface area contributed by atoms with Crippen molar-refractivity contribution in [3.63, 3.8) is 0 Å². The first-order chi connectivity index (χ1) is 10.8. The molecule has 1 aliphatic rings. The van der Waals surface area contributed by atoms with Crippen LogP contribution in [0.5, 0.6) is 0 Å². The molecular formula is C18H30FIN4. The first kappa shape index (κ1) is 21.2. The minimum atomic E-state index is -0.194. The maximum absolute atomic E-state index is 13.5. The van der Waals surface area contributed by atoms with Crippen molar-refractivity contribution in [2.24, 2.45) is 10.4 Å². The summed E-state index contributed by atoms with van der Waals surface area (Å²) in [5.41, 5.74) is 1.31. The molecule has 6 heteroatoms. The molecule has 2 rings (SSSR count). The molecule has 1 atom stereocenters. The number of halogens is 2. The van der Waals surface area contributed by atoms with Gasteiger partial charge in [-0.2, -0.15) is 0 Å². The molecule has 0 bridgehead atoms. The Bertz CT molecular complexity index is 560. The minimum absolute atomic E-state index is 0. The van der Waals surface area contributed by atoms with Gasteiger partial charge in [-0.1, -0.05) is 26.0 Å². The van der Waals surface area contributed by atoms with Crippen molar-refractivity contribution >= 4 is 29.9 Å². The van der Waals surface area contributed by atoms with E-state index < -0.39 is 0 Å². The average Bonchev–Trinajstić information content (AvgIpc) is 2.83. The van der Waals surface area contributed by atoms with Crippen LogP contribution in [-0.2, 0) is 0 Å². The highest BCUT2D eigenvalue weighted by Crippen LogP contribution is 2.28. The molecule has 1 fully saturated rings. The van der Waals surface area contributed by atoms with Crippen LogP contribution < -0.4 is 5.32 Å². The second kappa shape index (κ2) is 8.99. The monoisotopic (exact) mass is 448 g/mol. The number of guanidine groups is 1. The lowest BCUT2D eigenvalue weighted by molar-refractivity contribution is 0.293. The number of hydrogen-bond acceptors (Lipinski definition) is 2. The van der Waals surface area contributed by atoms with Gasteiger partial charge in [-0.05, 0) is 43.6 Å². The van der Waals surface area contributed by atoms with E-state index in [9.17, 15) is 4.39 Å². The summed E-state index contributed by atoms with van der Waals surface area (Å²) in [5, 5.41) is 3.46. The van der Waals surface area contributed by atoms with Crippen LogP contribution in [0.15, 0.2) is 29.3 Å². The van der Waals surface area contributed by atoms with Crippen LogP contribution in [0.3, 0.4) is 0 Å². The Kier molecular flexibility index (Phi) is 7.92. The lowest BCUT2D eigenvalue weighted by atomic mass is 9.93. The summed E-state index contributed by atoms with van der Waals surface area (Å²) in [5.74, 6) is 0.735. The molecule has 1 aromatic rings. The summed E-state index contributed by atoms with van der Waals surface area (Å²) in [7, 11) is 5.85. The van der Waals surface area contributed by atoms with Crippen LogP contribution in [0.2, 0.25) is 0 Å². The Morgan fingerprint density at radius 1 is 1.42 bits per heavy atom. The van der Waals surface area contributed by atoms with Gasteiger partial charge in [-0.15, -0.1) is 24.0 Å². The van der Waals surface area contributed by atoms with Gasteiger partial charge in [-0.25, -0.2) is 4.39 Å². The molecule has 24 heavy (non-hydrogen) atoms. The van der Waals surface area contributed by atoms with E-state index in [4.69, 9.17) is 0 Å². The molecule has 1 N–H and O–H groups in total. The van der Waals surface area contributed by atoms with Gasteiger partial charge in [0.25, 0.3) is 0 Å². The molecule has 0 saturated carbocycles. The van der Waals surface area contributed by atoms with Crippen LogP contribution in [0.1, 0.15) is 31.9 Å². The largest absolute Gasteiger partial charge is 0.354 e. The SMILES string of the molecule is CN=C(NCC(c1cccc(F)c1)N(C)C)N1CCC(C)(C)C1.I. The van der Waals surface area contributed by atoms with Crippen molar-refractivity contribution in [3.05, 3.63) is 35.6 Å². The molecule has 4 nitrogen and oxygen atoms in total. The van der Waals surface area contributed by atoms with Crippen LogP contribution in [-0.4, -0.2) is 56.5 Å². The fraction of sp³-hybridized carbons (Fsp3) is 0.611. The third kappa shape index (κ3) is 5.58. The Labute approximate surface area is 162 Å². The van der Waals surface area contributed by atoms with Gasteiger partial charge in [0.1, 0.15) is 5.82 Å². The molecule has 1 aliphatic heterocycles. The normalized spacial score (nSPS) is 18.5. The fourth-order valence-electron chi connectivity index (χ4n) is 3.13. The van der Waals surface area contributed by atoms with E-state index >= 15 is 0 Å². The standard InChI is InChI=1S/C18H29FN4.HI/c1-18(2)9-10-23(13-18)17(20-3)21-12-16(22(4)5)14-7-6-8-15(19)11-14;/h6-8,11,16H,9-10,12-13H2,1-5H3,(H,20,21);1H. The van der Waals surface area contributed by atoms with Crippen LogP contribution in [0.25, 0.3) is 0 Å². The summed E-state index contributed by atoms with van der Waals surface area (Å²) in [6.45, 7) is 7.31. The van der Waals surface area contributed by atoms with Crippen LogP contribution in [0, 0.1) is 11.2 Å². The number of nitrogens with zero attached hydrogens (tertiary/aromatic N) is 3. The molecule has 0 spiro atoms. The van der Waals surface area contributed by atoms with Crippen molar-refractivity contribution < 1.29 is 4.39 Å². The minimum Gasteiger partial charge on any atom is -0.354 e. The molecule has 0 radical (unpaired) electrons. The van der Waals surface area contributed by atoms with Gasteiger partial charge in [0.15, 0.2) is 5.96 Å². The molecule has 0 amide bonds. The second-order valence-electron chi connectivity index (χ2n) is 7.30. The lowest BCUT2D eigenvalue weighted by Crippen LogP contribution is -2.44. The van der Waals surface area contributed by atoms with Gasteiger partial charge >= 0.3 is 0 Å². The molecule has 1 aromatic carbocycles. The highest BCUT2D eigenvalue weighted by molar-refractivity contribution is 14.0. The van der Waals surface area contributed by atoms with Crippen molar-refractivity contribution in [2.45, 2.75) is 26.3 Å². The maximum atomic E-state index is 13.5. The lowest BCUT2D eigenvalue weighted by Gasteiger charge is -2.29. The zero-order chi connectivity index (χ0) is 17.0. The summed E-state index contributed by atoms with van der Waals surface area (Å²) in [6.07, 6.45) is 1.18. The van der Waals surface area contributed by atoms with E-state index in [-0.39, 0.29) is 35.8 Å². The predicted octanol–water partition coefficient (Wildman–Crippen LogP) is 3.35. The van der Waals surface area contributed by atoms with Gasteiger partial charge < -0.3 is 15.1 Å². The summed E-state index contributed by atoms with van der Waals surface area (Å²) < 4.78 is 13.5. The van der Waals surface area contributed by atoms with Gasteiger partial charge in [0.2, 0.25) is 0 Å². The van der Waals surface area contributed by atoms with E-state index in [2.05, 4.69) is 34.0 Å². The van der Waals surface area contributed by atoms with Gasteiger partial charge in [0, 0.05) is 26.7 Å².